The van der Waals surface area contributed by atoms with Crippen LogP contribution in [0.1, 0.15) is 0 Å². The van der Waals surface area contributed by atoms with E-state index in [1.807, 2.05) is 0 Å². The molecular formula is C41H72O31. The molecule has 0 aromatic rings. The monoisotopic (exact) mass is 1060 g/mol. The molecule has 6 heterocycles. The van der Waals surface area contributed by atoms with E-state index in [9.17, 15) is 76.6 Å². The van der Waals surface area contributed by atoms with Gasteiger partial charge in [0.2, 0.25) is 0 Å². The van der Waals surface area contributed by atoms with Crippen molar-refractivity contribution >= 4 is 0 Å². The summed E-state index contributed by atoms with van der Waals surface area (Å²) in [6.07, 6.45) is -47.3. The van der Waals surface area contributed by atoms with Crippen LogP contribution in [0.5, 0.6) is 0 Å². The van der Waals surface area contributed by atoms with Crippen molar-refractivity contribution in [2.75, 3.05) is 75.2 Å². The van der Waals surface area contributed by atoms with E-state index in [-0.39, 0.29) is 0 Å². The van der Waals surface area contributed by atoms with Gasteiger partial charge in [-0.2, -0.15) is 0 Å². The summed E-state index contributed by atoms with van der Waals surface area (Å²) >= 11 is 0. The summed E-state index contributed by atoms with van der Waals surface area (Å²) in [5.41, 5.74) is 0. The van der Waals surface area contributed by atoms with Crippen LogP contribution in [0.15, 0.2) is 0 Å². The van der Waals surface area contributed by atoms with Crippen LogP contribution in [0.3, 0.4) is 0 Å². The number of hydrogen-bond acceptors (Lipinski definition) is 31. The molecule has 6 rings (SSSR count). The lowest BCUT2D eigenvalue weighted by Gasteiger charge is -2.51. The van der Waals surface area contributed by atoms with Gasteiger partial charge >= 0.3 is 0 Å². The normalized spacial score (nSPS) is 50.5. The molecule has 0 radical (unpaired) electrons. The Bertz CT molecular complexity index is 1590. The van der Waals surface area contributed by atoms with Gasteiger partial charge in [-0.15, -0.1) is 0 Å². The van der Waals surface area contributed by atoms with Crippen LogP contribution in [0.25, 0.3) is 0 Å². The number of ether oxygens (including phenoxy) is 16. The summed E-state index contributed by atoms with van der Waals surface area (Å²) in [5, 5.41) is 159. The summed E-state index contributed by atoms with van der Waals surface area (Å²) in [5.74, 6) is 0. The van der Waals surface area contributed by atoms with Gasteiger partial charge in [0.25, 0.3) is 0 Å². The van der Waals surface area contributed by atoms with Gasteiger partial charge in [-0.3, -0.25) is 0 Å². The van der Waals surface area contributed by atoms with Crippen LogP contribution < -0.4 is 0 Å². The fourth-order valence-electron chi connectivity index (χ4n) is 9.80. The maximum atomic E-state index is 11.7. The minimum absolute atomic E-state index is 0.715. The molecule has 6 fully saturated rings. The van der Waals surface area contributed by atoms with E-state index < -0.39 is 224 Å². The molecule has 6 aliphatic heterocycles. The van der Waals surface area contributed by atoms with Crippen LogP contribution in [0.4, 0.5) is 0 Å². The average Bonchev–Trinajstić information content (AvgIpc) is 3.38. The molecule has 15 N–H and O–H groups in total. The highest BCUT2D eigenvalue weighted by atomic mass is 16.8. The third-order valence-corrected chi connectivity index (χ3v) is 13.7. The molecule has 0 aliphatic carbocycles. The van der Waals surface area contributed by atoms with Gasteiger partial charge in [0.1, 0.15) is 146 Å². The van der Waals surface area contributed by atoms with Gasteiger partial charge in [0.05, 0.1) is 39.6 Å². The number of hydrogen-bond donors (Lipinski definition) is 15. The first-order valence-corrected chi connectivity index (χ1v) is 23.1. The lowest BCUT2D eigenvalue weighted by atomic mass is 9.95. The van der Waals surface area contributed by atoms with E-state index >= 15 is 0 Å². The third-order valence-electron chi connectivity index (χ3n) is 13.7. The molecule has 0 spiro atoms. The first-order chi connectivity index (χ1) is 34.4. The Morgan fingerprint density at radius 1 is 0.250 bits per heavy atom. The van der Waals surface area contributed by atoms with Crippen LogP contribution in [-0.4, -0.2) is 336 Å². The average molecular weight is 1060 g/mol. The summed E-state index contributed by atoms with van der Waals surface area (Å²) in [6.45, 7) is -4.81. The Morgan fingerprint density at radius 3 is 0.722 bits per heavy atom. The second-order valence-electron chi connectivity index (χ2n) is 17.8. The topological polar surface area (TPSA) is 451 Å². The number of methoxy groups -OCH3 is 5. The zero-order chi connectivity index (χ0) is 52.9. The van der Waals surface area contributed by atoms with Crippen LogP contribution in [-0.2, 0) is 75.8 Å². The zero-order valence-electron chi connectivity index (χ0n) is 39.8. The SMILES string of the molecule is CO[C@@H]1[C@H](O)[C@@H](O[C@H]2[C@H](OC)[C@H](O)[C@@H](O[C@H]3[C@H](OC)[C@H](O)[C@@H](O[C@H]4[C@H](OC)[C@H](O)[C@@H](O[C@H]5[C@H](OC)[C@H](O)[C@@H](O)O[C@@H]5CO)O[C@@H]4CO)O[C@@H]3CO)O[C@@H]2CO)O[C@H](CO)[C@H]1O[C@H]1O[C@H](CO)[C@@H](O)[C@H](O)[C@@H]1O. The fraction of sp³-hybridized carbons (Fsp3) is 1.00. The Morgan fingerprint density at radius 2 is 0.472 bits per heavy atom. The maximum absolute atomic E-state index is 11.7. The van der Waals surface area contributed by atoms with Crippen molar-refractivity contribution in [3.05, 3.63) is 0 Å². The number of aliphatic hydroxyl groups excluding tert-OH is 15. The van der Waals surface area contributed by atoms with E-state index in [1.165, 1.54) is 21.3 Å². The van der Waals surface area contributed by atoms with Crippen molar-refractivity contribution in [1.82, 2.24) is 0 Å². The molecule has 0 aromatic carbocycles. The molecule has 0 unspecified atom stereocenters. The van der Waals surface area contributed by atoms with Crippen LogP contribution >= 0.6 is 0 Å². The molecule has 422 valence electrons. The van der Waals surface area contributed by atoms with Crippen molar-refractivity contribution in [2.24, 2.45) is 0 Å². The molecule has 30 atom stereocenters. The molecule has 6 saturated heterocycles. The Kier molecular flexibility index (Phi) is 22.4. The first-order valence-electron chi connectivity index (χ1n) is 23.1. The molecule has 6 aliphatic rings. The molecular weight excluding hydrogens is 988 g/mol. The minimum Gasteiger partial charge on any atom is -0.394 e. The highest BCUT2D eigenvalue weighted by Gasteiger charge is 2.58. The Balaban J connectivity index is 1.13. The quantitative estimate of drug-likeness (QED) is 0.0507. The number of rotatable bonds is 21. The lowest BCUT2D eigenvalue weighted by Crippen LogP contribution is -2.68. The Labute approximate surface area is 411 Å². The molecule has 31 heteroatoms. The summed E-state index contributed by atoms with van der Waals surface area (Å²) in [7, 11) is 5.88. The fourth-order valence-corrected chi connectivity index (χ4v) is 9.80. The zero-order valence-corrected chi connectivity index (χ0v) is 39.8. The summed E-state index contributed by atoms with van der Waals surface area (Å²) < 4.78 is 91.8. The van der Waals surface area contributed by atoms with E-state index in [0.29, 0.717) is 0 Å². The first kappa shape index (κ1) is 60.0. The largest absolute Gasteiger partial charge is 0.394 e. The van der Waals surface area contributed by atoms with Gasteiger partial charge in [-0.25, -0.2) is 0 Å². The van der Waals surface area contributed by atoms with E-state index in [2.05, 4.69) is 0 Å². The second kappa shape index (κ2) is 26.9. The Hall–Kier alpha value is -1.24. The van der Waals surface area contributed by atoms with Crippen molar-refractivity contribution in [3.8, 4) is 0 Å². The van der Waals surface area contributed by atoms with E-state index in [0.717, 1.165) is 14.2 Å². The van der Waals surface area contributed by atoms with Crippen molar-refractivity contribution in [1.29, 1.82) is 0 Å². The molecule has 0 aromatic heterocycles. The van der Waals surface area contributed by atoms with E-state index in [1.54, 1.807) is 0 Å². The molecule has 0 saturated carbocycles. The maximum Gasteiger partial charge on any atom is 0.187 e. The third kappa shape index (κ3) is 12.2. The van der Waals surface area contributed by atoms with Gasteiger partial charge in [-0.05, 0) is 0 Å². The van der Waals surface area contributed by atoms with Gasteiger partial charge in [-0.1, -0.05) is 0 Å². The standard InChI is InChI=1S/C41H72O31/c1-57-31-21(51)36(56)62-13(7-43)26(31)69-38-23(53)33(59-3)28(15(9-45)65-38)71-40-25(55)35(61-5)30(17(11-47)67-40)72-41-24(54)34(60-4)29(16(10-46)66-41)70-39-22(52)32(58-2)27(14(8-44)64-39)68-37-20(50)19(49)18(48)12(6-42)63-37/h12-56H,6-11H2,1-5H3/t12-,13-,14-,15-,16-,17-,18-,19+,20+,21+,22+,23+,24+,25+,26-,27-,28-,29-,30-,31-,32-,33-,34-,35-,36+,37-,38-,39-,40-,41-/m1/s1. The minimum atomic E-state index is -1.86. The van der Waals surface area contributed by atoms with Gasteiger partial charge in [0, 0.05) is 35.5 Å². The van der Waals surface area contributed by atoms with Gasteiger partial charge < -0.3 is 152 Å². The molecule has 31 nitrogen and oxygen atoms in total. The van der Waals surface area contributed by atoms with Crippen molar-refractivity contribution < 1.29 is 152 Å². The van der Waals surface area contributed by atoms with Crippen LogP contribution in [0, 0.1) is 0 Å². The lowest BCUT2D eigenvalue weighted by molar-refractivity contribution is -0.398. The van der Waals surface area contributed by atoms with Crippen LogP contribution in [0.2, 0.25) is 0 Å². The smallest absolute Gasteiger partial charge is 0.187 e. The van der Waals surface area contributed by atoms with Crippen molar-refractivity contribution in [2.45, 2.75) is 184 Å². The highest BCUT2D eigenvalue weighted by Crippen LogP contribution is 2.38. The molecule has 0 amide bonds. The second-order valence-corrected chi connectivity index (χ2v) is 17.8. The van der Waals surface area contributed by atoms with Gasteiger partial charge in [0.15, 0.2) is 37.7 Å². The van der Waals surface area contributed by atoms with Crippen molar-refractivity contribution in [3.63, 3.8) is 0 Å². The predicted octanol–water partition coefficient (Wildman–Crippen LogP) is -10.8. The molecule has 0 bridgehead atoms. The van der Waals surface area contributed by atoms with E-state index in [4.69, 9.17) is 75.8 Å². The summed E-state index contributed by atoms with van der Waals surface area (Å²) in [4.78, 5) is 0. The summed E-state index contributed by atoms with van der Waals surface area (Å²) in [6, 6.07) is 0. The highest BCUT2D eigenvalue weighted by molar-refractivity contribution is 5.01. The number of aliphatic hydroxyl groups is 15. The molecule has 72 heavy (non-hydrogen) atoms. The predicted molar refractivity (Wildman–Crippen MR) is 223 cm³/mol.